The number of benzene rings is 2. The molecule has 26 heavy (non-hydrogen) atoms. The molecule has 1 aliphatic rings. The predicted octanol–water partition coefficient (Wildman–Crippen LogP) is 3.05. The summed E-state index contributed by atoms with van der Waals surface area (Å²) < 4.78 is 11.2. The molecule has 1 saturated heterocycles. The van der Waals surface area contributed by atoms with Crippen LogP contribution in [0.1, 0.15) is 23.5 Å². The SMILES string of the molecule is NC(NCC(c1ccco1)N1CCOCC1)c1cccc2ccccc12. The molecule has 0 radical (unpaired) electrons. The Labute approximate surface area is 153 Å². The molecule has 0 amide bonds. The molecule has 0 saturated carbocycles. The number of nitrogens with one attached hydrogen (secondary N) is 1. The van der Waals surface area contributed by atoms with Gasteiger partial charge in [-0.25, -0.2) is 0 Å². The van der Waals surface area contributed by atoms with Gasteiger partial charge in [-0.2, -0.15) is 0 Å². The van der Waals surface area contributed by atoms with Crippen molar-refractivity contribution in [2.75, 3.05) is 32.8 Å². The number of rotatable bonds is 6. The van der Waals surface area contributed by atoms with Crippen LogP contribution in [0.5, 0.6) is 0 Å². The molecule has 3 aromatic rings. The summed E-state index contributed by atoms with van der Waals surface area (Å²) in [6.07, 6.45) is 1.49. The fourth-order valence-corrected chi connectivity index (χ4v) is 3.65. The Bertz CT molecular complexity index is 823. The van der Waals surface area contributed by atoms with Crippen molar-refractivity contribution in [1.82, 2.24) is 10.2 Å². The molecule has 3 N–H and O–H groups in total. The molecule has 5 heteroatoms. The Balaban J connectivity index is 1.51. The topological polar surface area (TPSA) is 63.7 Å². The standard InChI is InChI=1S/C21H25N3O2/c22-21(18-8-3-6-16-5-1-2-7-17(16)18)23-15-19(20-9-4-12-26-20)24-10-13-25-14-11-24/h1-9,12,19,21,23H,10-11,13-15,22H2. The van der Waals surface area contributed by atoms with Crippen molar-refractivity contribution in [2.45, 2.75) is 12.2 Å². The number of fused-ring (bicyclic) bond motifs is 1. The smallest absolute Gasteiger partial charge is 0.122 e. The Kier molecular flexibility index (Phi) is 5.32. The quantitative estimate of drug-likeness (QED) is 0.668. The van der Waals surface area contributed by atoms with Crippen LogP contribution in [0.3, 0.4) is 0 Å². The molecule has 2 heterocycles. The van der Waals surface area contributed by atoms with Crippen LogP contribution in [0, 0.1) is 0 Å². The van der Waals surface area contributed by atoms with E-state index < -0.39 is 0 Å². The molecule has 136 valence electrons. The zero-order valence-electron chi connectivity index (χ0n) is 14.8. The second kappa shape index (κ2) is 8.01. The minimum atomic E-state index is -0.236. The maximum Gasteiger partial charge on any atom is 0.122 e. The Hall–Kier alpha value is -2.18. The van der Waals surface area contributed by atoms with Crippen molar-refractivity contribution >= 4 is 10.8 Å². The van der Waals surface area contributed by atoms with Crippen molar-refractivity contribution in [3.63, 3.8) is 0 Å². The fourth-order valence-electron chi connectivity index (χ4n) is 3.65. The molecule has 1 fully saturated rings. The third-order valence-corrected chi connectivity index (χ3v) is 5.05. The van der Waals surface area contributed by atoms with Gasteiger partial charge in [-0.3, -0.25) is 10.2 Å². The first-order valence-electron chi connectivity index (χ1n) is 9.15. The third-order valence-electron chi connectivity index (χ3n) is 5.05. The van der Waals surface area contributed by atoms with E-state index in [0.717, 1.165) is 44.2 Å². The zero-order chi connectivity index (χ0) is 17.8. The van der Waals surface area contributed by atoms with Gasteiger partial charge < -0.3 is 14.9 Å². The van der Waals surface area contributed by atoms with Crippen LogP contribution in [0.25, 0.3) is 10.8 Å². The Morgan fingerprint density at radius 1 is 1.00 bits per heavy atom. The van der Waals surface area contributed by atoms with E-state index in [1.54, 1.807) is 6.26 Å². The van der Waals surface area contributed by atoms with Gasteiger partial charge in [0, 0.05) is 19.6 Å². The summed E-state index contributed by atoms with van der Waals surface area (Å²) in [5.41, 5.74) is 7.62. The molecule has 0 bridgehead atoms. The molecule has 0 aliphatic carbocycles. The van der Waals surface area contributed by atoms with Crippen molar-refractivity contribution in [3.8, 4) is 0 Å². The fraction of sp³-hybridized carbons (Fsp3) is 0.333. The minimum absolute atomic E-state index is 0.148. The Morgan fingerprint density at radius 2 is 1.81 bits per heavy atom. The van der Waals surface area contributed by atoms with E-state index in [9.17, 15) is 0 Å². The first kappa shape index (κ1) is 17.2. The van der Waals surface area contributed by atoms with Crippen LogP contribution in [-0.2, 0) is 4.74 Å². The average molecular weight is 351 g/mol. The number of nitrogens with two attached hydrogens (primary N) is 1. The lowest BCUT2D eigenvalue weighted by Crippen LogP contribution is -2.44. The van der Waals surface area contributed by atoms with Crippen LogP contribution < -0.4 is 11.1 Å². The third kappa shape index (κ3) is 3.66. The van der Waals surface area contributed by atoms with Gasteiger partial charge in [-0.1, -0.05) is 42.5 Å². The lowest BCUT2D eigenvalue weighted by molar-refractivity contribution is 0.0111. The van der Waals surface area contributed by atoms with E-state index in [-0.39, 0.29) is 12.2 Å². The summed E-state index contributed by atoms with van der Waals surface area (Å²) in [5, 5.41) is 5.91. The summed E-state index contributed by atoms with van der Waals surface area (Å²) in [6.45, 7) is 4.03. The maximum absolute atomic E-state index is 6.51. The first-order valence-corrected chi connectivity index (χ1v) is 9.15. The number of hydrogen-bond acceptors (Lipinski definition) is 5. The van der Waals surface area contributed by atoms with Crippen LogP contribution in [0.15, 0.2) is 65.3 Å². The van der Waals surface area contributed by atoms with E-state index in [4.69, 9.17) is 14.9 Å². The normalized spacial score (nSPS) is 18.0. The summed E-state index contributed by atoms with van der Waals surface area (Å²) in [6, 6.07) is 18.7. The molecule has 2 unspecified atom stereocenters. The minimum Gasteiger partial charge on any atom is -0.468 e. The number of hydrogen-bond donors (Lipinski definition) is 2. The number of ether oxygens (including phenoxy) is 1. The Morgan fingerprint density at radius 3 is 2.62 bits per heavy atom. The van der Waals surface area contributed by atoms with Crippen LogP contribution in [-0.4, -0.2) is 37.7 Å². The van der Waals surface area contributed by atoms with E-state index in [0.29, 0.717) is 0 Å². The van der Waals surface area contributed by atoms with Gasteiger partial charge >= 0.3 is 0 Å². The zero-order valence-corrected chi connectivity index (χ0v) is 14.8. The molecule has 2 aromatic carbocycles. The van der Waals surface area contributed by atoms with Crippen molar-refractivity contribution in [1.29, 1.82) is 0 Å². The van der Waals surface area contributed by atoms with E-state index in [2.05, 4.69) is 52.7 Å². The van der Waals surface area contributed by atoms with E-state index >= 15 is 0 Å². The summed E-state index contributed by atoms with van der Waals surface area (Å²) in [7, 11) is 0. The van der Waals surface area contributed by atoms with Gasteiger partial charge in [-0.15, -0.1) is 0 Å². The van der Waals surface area contributed by atoms with E-state index in [1.165, 1.54) is 10.8 Å². The van der Waals surface area contributed by atoms with Crippen LogP contribution >= 0.6 is 0 Å². The molecule has 5 nitrogen and oxygen atoms in total. The summed E-state index contributed by atoms with van der Waals surface area (Å²) in [4.78, 5) is 2.39. The second-order valence-electron chi connectivity index (χ2n) is 6.63. The van der Waals surface area contributed by atoms with Crippen LogP contribution in [0.2, 0.25) is 0 Å². The van der Waals surface area contributed by atoms with Gasteiger partial charge in [0.1, 0.15) is 5.76 Å². The highest BCUT2D eigenvalue weighted by Crippen LogP contribution is 2.25. The number of morpholine rings is 1. The molecule has 1 aliphatic heterocycles. The van der Waals surface area contributed by atoms with Gasteiger partial charge in [0.15, 0.2) is 0 Å². The summed E-state index contributed by atoms with van der Waals surface area (Å²) in [5.74, 6) is 0.963. The monoisotopic (exact) mass is 351 g/mol. The highest BCUT2D eigenvalue weighted by Gasteiger charge is 2.25. The maximum atomic E-state index is 6.51. The first-order chi connectivity index (χ1) is 12.8. The van der Waals surface area contributed by atoms with E-state index in [1.807, 2.05) is 12.1 Å². The lowest BCUT2D eigenvalue weighted by atomic mass is 10.0. The predicted molar refractivity (Wildman–Crippen MR) is 103 cm³/mol. The number of furan rings is 1. The van der Waals surface area contributed by atoms with Crippen molar-refractivity contribution in [2.24, 2.45) is 5.73 Å². The largest absolute Gasteiger partial charge is 0.468 e. The van der Waals surface area contributed by atoms with Gasteiger partial charge in [0.25, 0.3) is 0 Å². The molecular weight excluding hydrogens is 326 g/mol. The lowest BCUT2D eigenvalue weighted by Gasteiger charge is -2.34. The number of nitrogens with zero attached hydrogens (tertiary/aromatic N) is 1. The molecule has 4 rings (SSSR count). The van der Waals surface area contributed by atoms with Gasteiger partial charge in [0.05, 0.1) is 31.7 Å². The van der Waals surface area contributed by atoms with Crippen molar-refractivity contribution < 1.29 is 9.15 Å². The molecule has 1 aromatic heterocycles. The molecular formula is C21H25N3O2. The second-order valence-corrected chi connectivity index (χ2v) is 6.63. The molecule has 2 atom stereocenters. The average Bonchev–Trinajstić information content (AvgIpc) is 3.23. The van der Waals surface area contributed by atoms with Crippen molar-refractivity contribution in [3.05, 3.63) is 72.2 Å². The summed E-state index contributed by atoms with van der Waals surface area (Å²) >= 11 is 0. The van der Waals surface area contributed by atoms with Gasteiger partial charge in [-0.05, 0) is 28.5 Å². The molecule has 0 spiro atoms. The highest BCUT2D eigenvalue weighted by molar-refractivity contribution is 5.86. The van der Waals surface area contributed by atoms with Crippen LogP contribution in [0.4, 0.5) is 0 Å². The van der Waals surface area contributed by atoms with Gasteiger partial charge in [0.2, 0.25) is 0 Å². The highest BCUT2D eigenvalue weighted by atomic mass is 16.5.